The van der Waals surface area contributed by atoms with Gasteiger partial charge in [0.05, 0.1) is 23.1 Å². The van der Waals surface area contributed by atoms with Crippen molar-refractivity contribution in [1.82, 2.24) is 4.98 Å². The van der Waals surface area contributed by atoms with Gasteiger partial charge in [-0.15, -0.1) is 0 Å². The van der Waals surface area contributed by atoms with Gasteiger partial charge in [-0.25, -0.2) is 0 Å². The number of nitrogens with zero attached hydrogens (tertiary/aromatic N) is 1. The number of nitrogens with one attached hydrogen (secondary N) is 1. The molecule has 1 N–H and O–H groups in total. The van der Waals surface area contributed by atoms with E-state index in [9.17, 15) is 10.1 Å². The van der Waals surface area contributed by atoms with Crippen LogP contribution >= 0.6 is 23.2 Å². The molecule has 1 aromatic heterocycles. The smallest absolute Gasteiger partial charge is 0.214 e. The minimum Gasteiger partial charge on any atom is -0.493 e. The molecule has 0 aliphatic carbocycles. The Kier molecular flexibility index (Phi) is 6.53. The molecule has 0 fully saturated rings. The predicted octanol–water partition coefficient (Wildman–Crippen LogP) is 6.47. The summed E-state index contributed by atoms with van der Waals surface area (Å²) in [7, 11) is 1.54. The number of ether oxygens (including phenoxy) is 2. The molecule has 0 amide bonds. The van der Waals surface area contributed by atoms with Crippen molar-refractivity contribution in [2.75, 3.05) is 13.7 Å². The zero-order chi connectivity index (χ0) is 22.7. The first-order chi connectivity index (χ1) is 15.5. The molecule has 1 atom stereocenters. The molecular weight excluding hydrogens is 451 g/mol. The summed E-state index contributed by atoms with van der Waals surface area (Å²) in [6, 6.07) is 18.4. The summed E-state index contributed by atoms with van der Waals surface area (Å²) in [5.74, 6) is 0.580. The SMILES string of the molecule is COc1cc([C@@H](C[N+](=O)[O-])c2c[nH]c3ccccc23)ccc1OCc1ccc(Cl)c(Cl)c1. The van der Waals surface area contributed by atoms with E-state index in [2.05, 4.69) is 4.98 Å². The predicted molar refractivity (Wildman–Crippen MR) is 126 cm³/mol. The first kappa shape index (κ1) is 22.0. The van der Waals surface area contributed by atoms with E-state index in [4.69, 9.17) is 32.7 Å². The molecule has 0 aliphatic heterocycles. The number of benzene rings is 3. The second-order valence-electron chi connectivity index (χ2n) is 7.30. The second kappa shape index (κ2) is 9.51. The van der Waals surface area contributed by atoms with Crippen molar-refractivity contribution in [2.24, 2.45) is 0 Å². The minimum atomic E-state index is -0.445. The Morgan fingerprint density at radius 1 is 1.03 bits per heavy atom. The topological polar surface area (TPSA) is 77.4 Å². The Hall–Kier alpha value is -3.22. The highest BCUT2D eigenvalue weighted by atomic mass is 35.5. The van der Waals surface area contributed by atoms with Crippen LogP contribution in [0.25, 0.3) is 10.9 Å². The molecule has 3 aromatic carbocycles. The van der Waals surface area contributed by atoms with Crippen LogP contribution in [0.4, 0.5) is 0 Å². The number of fused-ring (bicyclic) bond motifs is 1. The van der Waals surface area contributed by atoms with E-state index in [1.165, 1.54) is 0 Å². The van der Waals surface area contributed by atoms with Crippen LogP contribution in [-0.4, -0.2) is 23.6 Å². The van der Waals surface area contributed by atoms with Crippen molar-refractivity contribution in [2.45, 2.75) is 12.5 Å². The molecule has 0 saturated heterocycles. The number of hydrogen-bond donors (Lipinski definition) is 1. The quantitative estimate of drug-likeness (QED) is 0.236. The molecule has 6 nitrogen and oxygen atoms in total. The van der Waals surface area contributed by atoms with Gasteiger partial charge in [-0.2, -0.15) is 0 Å². The standard InChI is InChI=1S/C24H20Cl2N2O4/c1-31-24-11-16(7-9-23(24)32-14-15-6-8-20(25)21(26)10-15)19(13-28(29)30)18-12-27-22-5-3-2-4-17(18)22/h2-12,19,27H,13-14H2,1H3/t19-/m1/s1. The molecule has 0 spiro atoms. The van der Waals surface area contributed by atoms with Crippen LogP contribution in [0.1, 0.15) is 22.6 Å². The molecule has 4 aromatic rings. The molecule has 1 heterocycles. The van der Waals surface area contributed by atoms with Crippen molar-refractivity contribution in [3.8, 4) is 11.5 Å². The van der Waals surface area contributed by atoms with Crippen molar-refractivity contribution in [3.05, 3.63) is 104 Å². The van der Waals surface area contributed by atoms with E-state index >= 15 is 0 Å². The van der Waals surface area contributed by atoms with Gasteiger partial charge in [0.1, 0.15) is 6.61 Å². The summed E-state index contributed by atoms with van der Waals surface area (Å²) >= 11 is 12.0. The van der Waals surface area contributed by atoms with E-state index in [-0.39, 0.29) is 18.1 Å². The molecule has 0 unspecified atom stereocenters. The Bertz CT molecular complexity index is 1270. The van der Waals surface area contributed by atoms with Crippen LogP contribution in [0.2, 0.25) is 10.0 Å². The molecule has 0 saturated carbocycles. The lowest BCUT2D eigenvalue weighted by Gasteiger charge is -2.17. The summed E-state index contributed by atoms with van der Waals surface area (Å²) in [4.78, 5) is 14.4. The Balaban J connectivity index is 1.64. The van der Waals surface area contributed by atoms with Gasteiger partial charge in [-0.05, 0) is 47.0 Å². The lowest BCUT2D eigenvalue weighted by Crippen LogP contribution is -2.14. The maximum absolute atomic E-state index is 11.5. The summed E-state index contributed by atoms with van der Waals surface area (Å²) in [5.41, 5.74) is 3.42. The van der Waals surface area contributed by atoms with Crippen LogP contribution in [-0.2, 0) is 6.61 Å². The Labute approximate surface area is 194 Å². The van der Waals surface area contributed by atoms with Gasteiger partial charge in [-0.3, -0.25) is 10.1 Å². The van der Waals surface area contributed by atoms with E-state index in [0.717, 1.165) is 27.6 Å². The summed E-state index contributed by atoms with van der Waals surface area (Å²) in [5, 5.41) is 13.4. The zero-order valence-electron chi connectivity index (χ0n) is 17.2. The van der Waals surface area contributed by atoms with Crippen molar-refractivity contribution >= 4 is 34.1 Å². The number of nitro groups is 1. The van der Waals surface area contributed by atoms with E-state index in [1.807, 2.05) is 42.6 Å². The van der Waals surface area contributed by atoms with Crippen LogP contribution in [0.15, 0.2) is 66.9 Å². The fourth-order valence-corrected chi connectivity index (χ4v) is 4.05. The first-order valence-electron chi connectivity index (χ1n) is 9.88. The highest BCUT2D eigenvalue weighted by molar-refractivity contribution is 6.42. The summed E-state index contributed by atoms with van der Waals surface area (Å²) < 4.78 is 11.4. The maximum atomic E-state index is 11.5. The number of H-pyrrole nitrogens is 1. The lowest BCUT2D eigenvalue weighted by molar-refractivity contribution is -0.481. The van der Waals surface area contributed by atoms with Gasteiger partial charge in [0.2, 0.25) is 6.54 Å². The molecule has 4 rings (SSSR count). The highest BCUT2D eigenvalue weighted by Crippen LogP contribution is 2.36. The number of hydrogen-bond acceptors (Lipinski definition) is 4. The average Bonchev–Trinajstić information content (AvgIpc) is 3.22. The van der Waals surface area contributed by atoms with Gasteiger partial charge in [-0.1, -0.05) is 53.5 Å². The monoisotopic (exact) mass is 470 g/mol. The van der Waals surface area contributed by atoms with Crippen LogP contribution in [0.3, 0.4) is 0 Å². The van der Waals surface area contributed by atoms with Gasteiger partial charge in [0, 0.05) is 22.0 Å². The molecular formula is C24H20Cl2N2O4. The summed E-state index contributed by atoms with van der Waals surface area (Å²) in [6.45, 7) is 0.0296. The molecule has 0 radical (unpaired) electrons. The number of aromatic amines is 1. The number of para-hydroxylation sites is 1. The Morgan fingerprint density at radius 3 is 2.59 bits per heavy atom. The van der Waals surface area contributed by atoms with E-state index in [0.29, 0.717) is 21.5 Å². The highest BCUT2D eigenvalue weighted by Gasteiger charge is 2.24. The third-order valence-electron chi connectivity index (χ3n) is 5.30. The molecule has 0 bridgehead atoms. The largest absolute Gasteiger partial charge is 0.493 e. The van der Waals surface area contributed by atoms with Crippen LogP contribution in [0.5, 0.6) is 11.5 Å². The number of halogens is 2. The van der Waals surface area contributed by atoms with Crippen molar-refractivity contribution in [1.29, 1.82) is 0 Å². The van der Waals surface area contributed by atoms with Gasteiger partial charge in [0.25, 0.3) is 0 Å². The normalized spacial score (nSPS) is 12.0. The van der Waals surface area contributed by atoms with Crippen LogP contribution < -0.4 is 9.47 Å². The Morgan fingerprint density at radius 2 is 1.84 bits per heavy atom. The first-order valence-corrected chi connectivity index (χ1v) is 10.6. The van der Waals surface area contributed by atoms with Gasteiger partial charge >= 0.3 is 0 Å². The number of rotatable bonds is 8. The maximum Gasteiger partial charge on any atom is 0.214 e. The fraction of sp³-hybridized carbons (Fsp3) is 0.167. The van der Waals surface area contributed by atoms with Crippen LogP contribution in [0, 0.1) is 10.1 Å². The van der Waals surface area contributed by atoms with Crippen molar-refractivity contribution < 1.29 is 14.4 Å². The fourth-order valence-electron chi connectivity index (χ4n) is 3.73. The van der Waals surface area contributed by atoms with Crippen molar-refractivity contribution in [3.63, 3.8) is 0 Å². The lowest BCUT2D eigenvalue weighted by atomic mass is 9.90. The molecule has 164 valence electrons. The zero-order valence-corrected chi connectivity index (χ0v) is 18.7. The number of methoxy groups -OCH3 is 1. The average molecular weight is 471 g/mol. The van der Waals surface area contributed by atoms with Gasteiger partial charge in [0.15, 0.2) is 11.5 Å². The minimum absolute atomic E-state index is 0.242. The third-order valence-corrected chi connectivity index (χ3v) is 6.04. The van der Waals surface area contributed by atoms with E-state index < -0.39 is 5.92 Å². The van der Waals surface area contributed by atoms with E-state index in [1.54, 1.807) is 31.4 Å². The number of aromatic nitrogens is 1. The molecule has 8 heteroatoms. The second-order valence-corrected chi connectivity index (χ2v) is 8.12. The van der Waals surface area contributed by atoms with Gasteiger partial charge < -0.3 is 14.5 Å². The molecule has 32 heavy (non-hydrogen) atoms. The molecule has 0 aliphatic rings. The third kappa shape index (κ3) is 4.66. The summed E-state index contributed by atoms with van der Waals surface area (Å²) in [6.07, 6.45) is 1.83.